The molecule has 10 heteroatoms. The molecule has 1 heterocycles. The van der Waals surface area contributed by atoms with Gasteiger partial charge in [-0.1, -0.05) is 54.6 Å². The second kappa shape index (κ2) is 10.2. The largest absolute Gasteiger partial charge is 0.493 e. The van der Waals surface area contributed by atoms with Crippen LogP contribution in [0.5, 0.6) is 11.5 Å². The third-order valence-corrected chi connectivity index (χ3v) is 7.14. The topological polar surface area (TPSA) is 107 Å². The third kappa shape index (κ3) is 5.44. The molecule has 1 saturated heterocycles. The summed E-state index contributed by atoms with van der Waals surface area (Å²) >= 11 is 0.717. The molecule has 35 heavy (non-hydrogen) atoms. The van der Waals surface area contributed by atoms with E-state index in [-0.39, 0.29) is 33.6 Å². The van der Waals surface area contributed by atoms with Crippen LogP contribution in [0.2, 0.25) is 0 Å². The summed E-state index contributed by atoms with van der Waals surface area (Å²) in [7, 11) is -2.72. The lowest BCUT2D eigenvalue weighted by Gasteiger charge is -2.12. The highest BCUT2D eigenvalue weighted by Gasteiger charge is 2.36. The molecule has 2 amide bonds. The van der Waals surface area contributed by atoms with Gasteiger partial charge in [-0.3, -0.25) is 19.3 Å². The monoisotopic (exact) mass is 509 g/mol. The van der Waals surface area contributed by atoms with Gasteiger partial charge in [0.15, 0.2) is 17.3 Å². The highest BCUT2D eigenvalue weighted by Crippen LogP contribution is 2.35. The Morgan fingerprint density at radius 3 is 2.26 bits per heavy atom. The van der Waals surface area contributed by atoms with Crippen LogP contribution < -0.4 is 8.92 Å². The maximum absolute atomic E-state index is 12.8. The van der Waals surface area contributed by atoms with Crippen LogP contribution in [0, 0.1) is 0 Å². The van der Waals surface area contributed by atoms with Crippen molar-refractivity contribution in [3.8, 4) is 11.5 Å². The van der Waals surface area contributed by atoms with Crippen LogP contribution in [-0.4, -0.2) is 43.9 Å². The van der Waals surface area contributed by atoms with E-state index in [1.807, 2.05) is 0 Å². The van der Waals surface area contributed by atoms with Gasteiger partial charge in [-0.25, -0.2) is 0 Å². The molecule has 0 saturated carbocycles. The molecule has 1 aliphatic heterocycles. The number of ether oxygens (including phenoxy) is 1. The Bertz CT molecular complexity index is 1420. The Morgan fingerprint density at radius 2 is 1.60 bits per heavy atom. The van der Waals surface area contributed by atoms with Crippen molar-refractivity contribution in [3.63, 3.8) is 0 Å². The number of amides is 2. The number of carbonyl (C=O) groups excluding carboxylic acids is 3. The molecule has 8 nitrogen and oxygen atoms in total. The summed E-state index contributed by atoms with van der Waals surface area (Å²) in [6.45, 7) is -0.362. The Balaban J connectivity index is 1.53. The second-order valence-corrected chi connectivity index (χ2v) is 9.86. The molecular weight excluding hydrogens is 490 g/mol. The van der Waals surface area contributed by atoms with Crippen molar-refractivity contribution in [3.05, 3.63) is 94.9 Å². The molecule has 0 atom stereocenters. The maximum atomic E-state index is 12.8. The zero-order chi connectivity index (χ0) is 25.0. The Hall–Kier alpha value is -3.89. The lowest BCUT2D eigenvalue weighted by molar-refractivity contribution is -0.122. The SMILES string of the molecule is COc1cc(/C=C2\SC(=O)N(CC(=O)c3ccccc3)C2=O)ccc1OS(=O)(=O)c1ccccc1. The Morgan fingerprint density at radius 1 is 0.943 bits per heavy atom. The van der Waals surface area contributed by atoms with Crippen molar-refractivity contribution in [2.45, 2.75) is 4.90 Å². The molecule has 1 aliphatic rings. The summed E-state index contributed by atoms with van der Waals surface area (Å²) in [5, 5.41) is -0.550. The van der Waals surface area contributed by atoms with Crippen LogP contribution in [0.4, 0.5) is 4.79 Å². The smallest absolute Gasteiger partial charge is 0.339 e. The molecule has 178 valence electrons. The van der Waals surface area contributed by atoms with Gasteiger partial charge >= 0.3 is 10.1 Å². The van der Waals surface area contributed by atoms with Crippen LogP contribution in [-0.2, 0) is 14.9 Å². The van der Waals surface area contributed by atoms with Gasteiger partial charge in [0, 0.05) is 5.56 Å². The van der Waals surface area contributed by atoms with Crippen LogP contribution in [0.15, 0.2) is 88.7 Å². The summed E-state index contributed by atoms with van der Waals surface area (Å²) in [4.78, 5) is 38.6. The molecule has 0 N–H and O–H groups in total. The second-order valence-electron chi connectivity index (χ2n) is 7.32. The standard InChI is InChI=1S/C25H19NO7S2/c1-32-22-14-17(12-13-21(22)33-35(30,31)19-10-6-3-7-11-19)15-23-24(28)26(25(29)34-23)16-20(27)18-8-4-2-5-9-18/h2-15H,16H2,1H3/b23-15-. The van der Waals surface area contributed by atoms with Gasteiger partial charge in [-0.15, -0.1) is 0 Å². The van der Waals surface area contributed by atoms with Crippen molar-refractivity contribution in [2.75, 3.05) is 13.7 Å². The zero-order valence-corrected chi connectivity index (χ0v) is 20.0. The van der Waals surface area contributed by atoms with E-state index in [9.17, 15) is 22.8 Å². The number of Topliss-reactive ketones (excluding diaryl/α,β-unsaturated/α-hetero) is 1. The van der Waals surface area contributed by atoms with Crippen molar-refractivity contribution in [2.24, 2.45) is 0 Å². The lowest BCUT2D eigenvalue weighted by atomic mass is 10.1. The molecule has 3 aromatic rings. The highest BCUT2D eigenvalue weighted by molar-refractivity contribution is 8.18. The van der Waals surface area contributed by atoms with Gasteiger partial charge in [-0.05, 0) is 47.7 Å². The fourth-order valence-corrected chi connectivity index (χ4v) is 5.04. The average Bonchev–Trinajstić information content (AvgIpc) is 3.13. The number of imide groups is 1. The number of nitrogens with zero attached hydrogens (tertiary/aromatic N) is 1. The number of ketones is 1. The van der Waals surface area contributed by atoms with E-state index in [0.29, 0.717) is 11.1 Å². The number of carbonyl (C=O) groups is 3. The number of thioether (sulfide) groups is 1. The molecule has 4 rings (SSSR count). The summed E-state index contributed by atoms with van der Waals surface area (Å²) in [6.07, 6.45) is 1.47. The van der Waals surface area contributed by atoms with Crippen LogP contribution >= 0.6 is 11.8 Å². The molecule has 0 spiro atoms. The minimum Gasteiger partial charge on any atom is -0.493 e. The summed E-state index contributed by atoms with van der Waals surface area (Å²) in [6, 6.07) is 20.5. The van der Waals surface area contributed by atoms with Gasteiger partial charge in [0.2, 0.25) is 0 Å². The number of rotatable bonds is 8. The van der Waals surface area contributed by atoms with Crippen LogP contribution in [0.3, 0.4) is 0 Å². The van der Waals surface area contributed by atoms with Crippen molar-refractivity contribution in [1.82, 2.24) is 4.90 Å². The van der Waals surface area contributed by atoms with Gasteiger partial charge in [0.25, 0.3) is 11.1 Å². The fraction of sp³-hybridized carbons (Fsp3) is 0.0800. The van der Waals surface area contributed by atoms with Crippen LogP contribution in [0.25, 0.3) is 6.08 Å². The molecule has 3 aromatic carbocycles. The minimum absolute atomic E-state index is 0.00939. The first kappa shape index (κ1) is 24.2. The quantitative estimate of drug-likeness (QED) is 0.250. The first-order valence-electron chi connectivity index (χ1n) is 10.3. The van der Waals surface area contributed by atoms with E-state index in [1.165, 1.54) is 43.5 Å². The summed E-state index contributed by atoms with van der Waals surface area (Å²) < 4.78 is 35.6. The molecule has 1 fully saturated rings. The number of hydrogen-bond donors (Lipinski definition) is 0. The molecule has 0 unspecified atom stereocenters. The average molecular weight is 510 g/mol. The number of hydrogen-bond acceptors (Lipinski definition) is 8. The van der Waals surface area contributed by atoms with Crippen molar-refractivity contribution in [1.29, 1.82) is 0 Å². The van der Waals surface area contributed by atoms with Gasteiger partial charge in [0.05, 0.1) is 18.6 Å². The normalized spacial score (nSPS) is 14.9. The van der Waals surface area contributed by atoms with Crippen molar-refractivity contribution < 1.29 is 31.7 Å². The van der Waals surface area contributed by atoms with E-state index in [2.05, 4.69) is 0 Å². The van der Waals surface area contributed by atoms with Gasteiger partial charge in [0.1, 0.15) is 4.90 Å². The molecule has 0 radical (unpaired) electrons. The van der Waals surface area contributed by atoms with E-state index in [1.54, 1.807) is 48.5 Å². The summed E-state index contributed by atoms with van der Waals surface area (Å²) in [5.74, 6) is -0.848. The third-order valence-electron chi connectivity index (χ3n) is 4.99. The van der Waals surface area contributed by atoms with E-state index >= 15 is 0 Å². The highest BCUT2D eigenvalue weighted by atomic mass is 32.2. The first-order valence-corrected chi connectivity index (χ1v) is 12.5. The molecule has 0 aliphatic carbocycles. The molecule has 0 bridgehead atoms. The fourth-order valence-electron chi connectivity index (χ4n) is 3.24. The maximum Gasteiger partial charge on any atom is 0.339 e. The molecule has 0 aromatic heterocycles. The summed E-state index contributed by atoms with van der Waals surface area (Å²) in [5.41, 5.74) is 0.882. The first-order chi connectivity index (χ1) is 16.8. The van der Waals surface area contributed by atoms with Gasteiger partial charge in [-0.2, -0.15) is 8.42 Å². The Kier molecular flexibility index (Phi) is 7.04. The minimum atomic E-state index is -4.08. The molecular formula is C25H19NO7S2. The van der Waals surface area contributed by atoms with Crippen LogP contribution in [0.1, 0.15) is 15.9 Å². The van der Waals surface area contributed by atoms with E-state index in [4.69, 9.17) is 8.92 Å². The zero-order valence-electron chi connectivity index (χ0n) is 18.4. The predicted octanol–water partition coefficient (Wildman–Crippen LogP) is 4.38. The number of methoxy groups -OCH3 is 1. The van der Waals surface area contributed by atoms with Crippen molar-refractivity contribution >= 4 is 44.9 Å². The van der Waals surface area contributed by atoms with E-state index < -0.39 is 21.3 Å². The van der Waals surface area contributed by atoms with E-state index in [0.717, 1.165) is 16.7 Å². The van der Waals surface area contributed by atoms with Gasteiger partial charge < -0.3 is 8.92 Å². The predicted molar refractivity (Wildman–Crippen MR) is 131 cm³/mol. The number of benzene rings is 3. The Labute approximate surface area is 206 Å². The lowest BCUT2D eigenvalue weighted by Crippen LogP contribution is -2.33.